The standard InChI is InChI=1S/C22H27NO2/c1-3-21(19-10-9-16-7-5-6-8-18(16)15-19)23-22(24)17-11-13-20(14-12-17)25-4-2/h9-15,21H,3-8H2,1-2H3,(H,23,24). The number of amides is 1. The van der Waals surface area contributed by atoms with Gasteiger partial charge in [-0.3, -0.25) is 4.79 Å². The first-order chi connectivity index (χ1) is 12.2. The minimum atomic E-state index is -0.0346. The topological polar surface area (TPSA) is 38.3 Å². The molecule has 3 heteroatoms. The summed E-state index contributed by atoms with van der Waals surface area (Å²) in [5.41, 5.74) is 4.81. The molecule has 1 unspecified atom stereocenters. The molecule has 3 nitrogen and oxygen atoms in total. The lowest BCUT2D eigenvalue weighted by molar-refractivity contribution is 0.0935. The first-order valence-electron chi connectivity index (χ1n) is 9.36. The van der Waals surface area contributed by atoms with E-state index in [4.69, 9.17) is 4.74 Å². The number of hydrogen-bond acceptors (Lipinski definition) is 2. The molecule has 2 aromatic carbocycles. The van der Waals surface area contributed by atoms with Crippen LogP contribution in [0, 0.1) is 0 Å². The maximum absolute atomic E-state index is 12.6. The van der Waals surface area contributed by atoms with Crippen LogP contribution in [-0.2, 0) is 12.8 Å². The van der Waals surface area contributed by atoms with Crippen molar-refractivity contribution in [2.75, 3.05) is 6.61 Å². The molecule has 25 heavy (non-hydrogen) atoms. The molecule has 1 aliphatic rings. The fraction of sp³-hybridized carbons (Fsp3) is 0.409. The summed E-state index contributed by atoms with van der Waals surface area (Å²) in [6, 6.07) is 14.1. The fourth-order valence-electron chi connectivity index (χ4n) is 3.50. The van der Waals surface area contributed by atoms with Crippen LogP contribution < -0.4 is 10.1 Å². The summed E-state index contributed by atoms with van der Waals surface area (Å²) in [5.74, 6) is 0.758. The second-order valence-electron chi connectivity index (χ2n) is 6.63. The van der Waals surface area contributed by atoms with Crippen LogP contribution in [0.25, 0.3) is 0 Å². The van der Waals surface area contributed by atoms with Gasteiger partial charge in [-0.05, 0) is 80.0 Å². The molecule has 132 valence electrons. The lowest BCUT2D eigenvalue weighted by Gasteiger charge is -2.22. The Morgan fingerprint density at radius 1 is 1.04 bits per heavy atom. The van der Waals surface area contributed by atoms with E-state index in [1.54, 1.807) is 0 Å². The predicted octanol–water partition coefficient (Wildman–Crippen LogP) is 4.85. The first-order valence-corrected chi connectivity index (χ1v) is 9.36. The lowest BCUT2D eigenvalue weighted by atomic mass is 9.88. The van der Waals surface area contributed by atoms with Crippen LogP contribution in [0.1, 0.15) is 66.2 Å². The summed E-state index contributed by atoms with van der Waals surface area (Å²) >= 11 is 0. The van der Waals surface area contributed by atoms with Crippen molar-refractivity contribution in [3.05, 3.63) is 64.7 Å². The van der Waals surface area contributed by atoms with Crippen LogP contribution >= 0.6 is 0 Å². The molecule has 3 rings (SSSR count). The van der Waals surface area contributed by atoms with Crippen molar-refractivity contribution in [2.24, 2.45) is 0 Å². The molecule has 1 aliphatic carbocycles. The Hall–Kier alpha value is -2.29. The highest BCUT2D eigenvalue weighted by Crippen LogP contribution is 2.26. The normalized spacial score (nSPS) is 14.5. The summed E-state index contributed by atoms with van der Waals surface area (Å²) in [6.45, 7) is 4.69. The molecule has 0 saturated heterocycles. The fourth-order valence-corrected chi connectivity index (χ4v) is 3.50. The summed E-state index contributed by atoms with van der Waals surface area (Å²) in [4.78, 5) is 12.6. The Morgan fingerprint density at radius 2 is 1.76 bits per heavy atom. The van der Waals surface area contributed by atoms with Gasteiger partial charge in [0.25, 0.3) is 5.91 Å². The van der Waals surface area contributed by atoms with E-state index >= 15 is 0 Å². The largest absolute Gasteiger partial charge is 0.494 e. The molecule has 1 N–H and O–H groups in total. The van der Waals surface area contributed by atoms with Crippen molar-refractivity contribution >= 4 is 5.91 Å². The number of nitrogens with one attached hydrogen (secondary N) is 1. The van der Waals surface area contributed by atoms with Crippen LogP contribution in [0.2, 0.25) is 0 Å². The van der Waals surface area contributed by atoms with E-state index in [2.05, 4.69) is 30.4 Å². The van der Waals surface area contributed by atoms with E-state index in [0.29, 0.717) is 12.2 Å². The Kier molecular flexibility index (Phi) is 5.75. The van der Waals surface area contributed by atoms with Gasteiger partial charge in [0.05, 0.1) is 12.6 Å². The number of aryl methyl sites for hydroxylation is 2. The van der Waals surface area contributed by atoms with Crippen LogP contribution in [0.15, 0.2) is 42.5 Å². The van der Waals surface area contributed by atoms with E-state index < -0.39 is 0 Å². The minimum absolute atomic E-state index is 0.0346. The molecule has 1 amide bonds. The molecule has 0 spiro atoms. The molecule has 2 aromatic rings. The van der Waals surface area contributed by atoms with Gasteiger partial charge in [0.15, 0.2) is 0 Å². The average molecular weight is 337 g/mol. The number of rotatable bonds is 6. The van der Waals surface area contributed by atoms with Gasteiger partial charge in [0, 0.05) is 5.56 Å². The number of benzene rings is 2. The van der Waals surface area contributed by atoms with E-state index in [0.717, 1.165) is 18.6 Å². The van der Waals surface area contributed by atoms with Gasteiger partial charge in [0.1, 0.15) is 5.75 Å². The zero-order valence-electron chi connectivity index (χ0n) is 15.2. The second kappa shape index (κ2) is 8.19. The van der Waals surface area contributed by atoms with E-state index in [9.17, 15) is 4.79 Å². The van der Waals surface area contributed by atoms with Gasteiger partial charge in [-0.25, -0.2) is 0 Å². The molecule has 0 aromatic heterocycles. The zero-order chi connectivity index (χ0) is 17.6. The minimum Gasteiger partial charge on any atom is -0.494 e. The average Bonchev–Trinajstić information content (AvgIpc) is 2.66. The highest BCUT2D eigenvalue weighted by Gasteiger charge is 2.17. The molecular formula is C22H27NO2. The highest BCUT2D eigenvalue weighted by atomic mass is 16.5. The van der Waals surface area contributed by atoms with E-state index in [1.165, 1.54) is 36.0 Å². The quantitative estimate of drug-likeness (QED) is 0.818. The SMILES string of the molecule is CCOc1ccc(C(=O)NC(CC)c2ccc3c(c2)CCCC3)cc1. The third-order valence-corrected chi connectivity index (χ3v) is 4.92. The van der Waals surface area contributed by atoms with Crippen LogP contribution in [0.5, 0.6) is 5.75 Å². The van der Waals surface area contributed by atoms with Crippen LogP contribution in [0.4, 0.5) is 0 Å². The van der Waals surface area contributed by atoms with Gasteiger partial charge in [0.2, 0.25) is 0 Å². The van der Waals surface area contributed by atoms with Gasteiger partial charge in [-0.1, -0.05) is 25.1 Å². The van der Waals surface area contributed by atoms with E-state index in [-0.39, 0.29) is 11.9 Å². The number of carbonyl (C=O) groups excluding carboxylic acids is 1. The summed E-state index contributed by atoms with van der Waals surface area (Å²) in [5, 5.41) is 3.18. The van der Waals surface area contributed by atoms with E-state index in [1.807, 2.05) is 31.2 Å². The van der Waals surface area contributed by atoms with Crippen molar-refractivity contribution in [2.45, 2.75) is 52.0 Å². The molecule has 0 heterocycles. The highest BCUT2D eigenvalue weighted by molar-refractivity contribution is 5.94. The smallest absolute Gasteiger partial charge is 0.251 e. The van der Waals surface area contributed by atoms with Gasteiger partial charge in [-0.2, -0.15) is 0 Å². The maximum atomic E-state index is 12.6. The third-order valence-electron chi connectivity index (χ3n) is 4.92. The van der Waals surface area contributed by atoms with Gasteiger partial charge >= 0.3 is 0 Å². The van der Waals surface area contributed by atoms with Gasteiger partial charge < -0.3 is 10.1 Å². The summed E-state index contributed by atoms with van der Waals surface area (Å²) in [6.07, 6.45) is 5.78. The zero-order valence-corrected chi connectivity index (χ0v) is 15.2. The lowest BCUT2D eigenvalue weighted by Crippen LogP contribution is -2.28. The Balaban J connectivity index is 1.72. The van der Waals surface area contributed by atoms with Crippen molar-refractivity contribution in [1.82, 2.24) is 5.32 Å². The summed E-state index contributed by atoms with van der Waals surface area (Å²) < 4.78 is 5.43. The van der Waals surface area contributed by atoms with Crippen molar-refractivity contribution in [1.29, 1.82) is 0 Å². The number of carbonyl (C=O) groups is 1. The molecule has 0 fully saturated rings. The monoisotopic (exact) mass is 337 g/mol. The number of ether oxygens (including phenoxy) is 1. The third kappa shape index (κ3) is 4.22. The molecule has 0 aliphatic heterocycles. The van der Waals surface area contributed by atoms with Crippen molar-refractivity contribution in [3.63, 3.8) is 0 Å². The van der Waals surface area contributed by atoms with Crippen LogP contribution in [-0.4, -0.2) is 12.5 Å². The first kappa shape index (κ1) is 17.5. The molecular weight excluding hydrogens is 310 g/mol. The summed E-state index contributed by atoms with van der Waals surface area (Å²) in [7, 11) is 0. The van der Waals surface area contributed by atoms with Crippen molar-refractivity contribution < 1.29 is 9.53 Å². The molecule has 0 bridgehead atoms. The number of fused-ring (bicyclic) bond motifs is 1. The Labute approximate surface area is 150 Å². The molecule has 0 saturated carbocycles. The number of hydrogen-bond donors (Lipinski definition) is 1. The molecule has 1 atom stereocenters. The maximum Gasteiger partial charge on any atom is 0.251 e. The Bertz CT molecular complexity index is 721. The Morgan fingerprint density at radius 3 is 2.44 bits per heavy atom. The van der Waals surface area contributed by atoms with Crippen molar-refractivity contribution in [3.8, 4) is 5.75 Å². The molecule has 0 radical (unpaired) electrons. The van der Waals surface area contributed by atoms with Crippen LogP contribution in [0.3, 0.4) is 0 Å². The van der Waals surface area contributed by atoms with Gasteiger partial charge in [-0.15, -0.1) is 0 Å². The second-order valence-corrected chi connectivity index (χ2v) is 6.63. The predicted molar refractivity (Wildman–Crippen MR) is 101 cm³/mol.